The fourth-order valence-corrected chi connectivity index (χ4v) is 2.17. The van der Waals surface area contributed by atoms with Gasteiger partial charge in [-0.1, -0.05) is 20.3 Å². The van der Waals surface area contributed by atoms with Crippen LogP contribution in [0, 0.1) is 0 Å². The molecule has 0 fully saturated rings. The van der Waals surface area contributed by atoms with Crippen LogP contribution >= 0.6 is 0 Å². The van der Waals surface area contributed by atoms with E-state index in [9.17, 15) is 5.11 Å². The third-order valence-corrected chi connectivity index (χ3v) is 3.27. The molecular weight excluding hydrogens is 268 g/mol. The van der Waals surface area contributed by atoms with E-state index in [0.717, 1.165) is 49.2 Å². The van der Waals surface area contributed by atoms with Gasteiger partial charge in [0.15, 0.2) is 5.65 Å². The standard InChI is InChI=1S/C14H24N6O/c1-3-5-7-20(8-9-21)13-11-10-16-19-12(11)17-14(18-13)15-6-4-2/h10,21H,3-9H2,1-2H3,(H2,15,16,17,18,19). The van der Waals surface area contributed by atoms with Crippen LogP contribution in [-0.2, 0) is 0 Å². The Balaban J connectivity index is 2.35. The molecule has 21 heavy (non-hydrogen) atoms. The molecule has 0 bridgehead atoms. The number of fused-ring (bicyclic) bond motifs is 1. The molecule has 0 aliphatic heterocycles. The van der Waals surface area contributed by atoms with Crippen LogP contribution in [0.2, 0.25) is 0 Å². The Morgan fingerprint density at radius 1 is 1.24 bits per heavy atom. The van der Waals surface area contributed by atoms with Crippen molar-refractivity contribution in [1.82, 2.24) is 20.2 Å². The number of unbranched alkanes of at least 4 members (excludes halogenated alkanes) is 1. The molecule has 2 aromatic rings. The highest BCUT2D eigenvalue weighted by molar-refractivity contribution is 5.87. The zero-order valence-electron chi connectivity index (χ0n) is 12.8. The third-order valence-electron chi connectivity index (χ3n) is 3.27. The molecule has 0 radical (unpaired) electrons. The minimum absolute atomic E-state index is 0.102. The molecule has 116 valence electrons. The summed E-state index contributed by atoms with van der Waals surface area (Å²) in [6.45, 7) is 6.60. The summed E-state index contributed by atoms with van der Waals surface area (Å²) in [6.07, 6.45) is 4.91. The molecule has 0 aliphatic rings. The lowest BCUT2D eigenvalue weighted by atomic mass is 10.3. The van der Waals surface area contributed by atoms with Crippen molar-refractivity contribution in [2.45, 2.75) is 33.1 Å². The largest absolute Gasteiger partial charge is 0.395 e. The average Bonchev–Trinajstić information content (AvgIpc) is 2.97. The van der Waals surface area contributed by atoms with E-state index < -0.39 is 0 Å². The van der Waals surface area contributed by atoms with Crippen LogP contribution < -0.4 is 10.2 Å². The Kier molecular flexibility index (Phi) is 5.74. The molecule has 0 unspecified atom stereocenters. The number of anilines is 2. The van der Waals surface area contributed by atoms with Crippen LogP contribution in [0.3, 0.4) is 0 Å². The van der Waals surface area contributed by atoms with Crippen molar-refractivity contribution in [3.8, 4) is 0 Å². The van der Waals surface area contributed by atoms with Crippen molar-refractivity contribution in [3.63, 3.8) is 0 Å². The number of H-pyrrole nitrogens is 1. The summed E-state index contributed by atoms with van der Waals surface area (Å²) < 4.78 is 0. The Morgan fingerprint density at radius 2 is 2.10 bits per heavy atom. The van der Waals surface area contributed by atoms with Gasteiger partial charge in [0.2, 0.25) is 5.95 Å². The smallest absolute Gasteiger partial charge is 0.226 e. The molecule has 7 heteroatoms. The molecule has 3 N–H and O–H groups in total. The molecular formula is C14H24N6O. The first kappa shape index (κ1) is 15.5. The quantitative estimate of drug-likeness (QED) is 0.652. The number of rotatable bonds is 9. The fraction of sp³-hybridized carbons (Fsp3) is 0.643. The molecule has 0 amide bonds. The number of nitrogens with one attached hydrogen (secondary N) is 2. The zero-order valence-corrected chi connectivity index (χ0v) is 12.8. The lowest BCUT2D eigenvalue weighted by molar-refractivity contribution is 0.301. The third kappa shape index (κ3) is 3.81. The van der Waals surface area contributed by atoms with Gasteiger partial charge in [0.25, 0.3) is 0 Å². The Bertz CT molecular complexity index is 555. The Labute approximate surface area is 124 Å². The predicted octanol–water partition coefficient (Wildman–Crippen LogP) is 1.77. The normalized spacial score (nSPS) is 11.0. The van der Waals surface area contributed by atoms with Gasteiger partial charge in [0, 0.05) is 19.6 Å². The van der Waals surface area contributed by atoms with E-state index in [1.807, 2.05) is 0 Å². The second-order valence-electron chi connectivity index (χ2n) is 4.99. The monoisotopic (exact) mass is 292 g/mol. The van der Waals surface area contributed by atoms with E-state index in [4.69, 9.17) is 0 Å². The highest BCUT2D eigenvalue weighted by atomic mass is 16.3. The second-order valence-corrected chi connectivity index (χ2v) is 4.99. The molecule has 2 heterocycles. The first-order valence-electron chi connectivity index (χ1n) is 7.60. The summed E-state index contributed by atoms with van der Waals surface area (Å²) >= 11 is 0. The van der Waals surface area contributed by atoms with Crippen molar-refractivity contribution in [2.75, 3.05) is 36.5 Å². The van der Waals surface area contributed by atoms with Crippen molar-refractivity contribution < 1.29 is 5.11 Å². The second kappa shape index (κ2) is 7.78. The minimum atomic E-state index is 0.102. The van der Waals surface area contributed by atoms with Crippen LogP contribution in [0.15, 0.2) is 6.20 Å². The van der Waals surface area contributed by atoms with Gasteiger partial charge in [0.1, 0.15) is 5.82 Å². The number of hydrogen-bond donors (Lipinski definition) is 3. The summed E-state index contributed by atoms with van der Waals surface area (Å²) in [5.41, 5.74) is 0.720. The molecule has 0 spiro atoms. The van der Waals surface area contributed by atoms with E-state index in [2.05, 4.69) is 44.2 Å². The molecule has 0 aliphatic carbocycles. The SMILES string of the molecule is CCCCN(CCO)c1nc(NCCC)nc2[nH]ncc12. The van der Waals surface area contributed by atoms with Crippen molar-refractivity contribution in [3.05, 3.63) is 6.20 Å². The van der Waals surface area contributed by atoms with Gasteiger partial charge >= 0.3 is 0 Å². The number of hydrogen-bond acceptors (Lipinski definition) is 6. The number of aromatic nitrogens is 4. The molecule has 2 rings (SSSR count). The van der Waals surface area contributed by atoms with Crippen molar-refractivity contribution in [1.29, 1.82) is 0 Å². The number of nitrogens with zero attached hydrogens (tertiary/aromatic N) is 4. The maximum Gasteiger partial charge on any atom is 0.226 e. The lowest BCUT2D eigenvalue weighted by Gasteiger charge is -2.23. The highest BCUT2D eigenvalue weighted by Gasteiger charge is 2.15. The maximum absolute atomic E-state index is 9.31. The molecule has 7 nitrogen and oxygen atoms in total. The summed E-state index contributed by atoms with van der Waals surface area (Å²) in [7, 11) is 0. The van der Waals surface area contributed by atoms with Gasteiger partial charge in [-0.05, 0) is 12.8 Å². The number of aromatic amines is 1. The highest BCUT2D eigenvalue weighted by Crippen LogP contribution is 2.24. The Morgan fingerprint density at radius 3 is 2.81 bits per heavy atom. The molecule has 0 saturated heterocycles. The predicted molar refractivity (Wildman–Crippen MR) is 84.7 cm³/mol. The summed E-state index contributed by atoms with van der Waals surface area (Å²) in [5.74, 6) is 1.43. The average molecular weight is 292 g/mol. The van der Waals surface area contributed by atoms with E-state index in [1.165, 1.54) is 0 Å². The van der Waals surface area contributed by atoms with Gasteiger partial charge in [0.05, 0.1) is 18.2 Å². The lowest BCUT2D eigenvalue weighted by Crippen LogP contribution is -2.29. The zero-order chi connectivity index (χ0) is 15.1. The topological polar surface area (TPSA) is 90.0 Å². The number of aliphatic hydroxyl groups excluding tert-OH is 1. The molecule has 0 saturated carbocycles. The van der Waals surface area contributed by atoms with Crippen LogP contribution in [0.1, 0.15) is 33.1 Å². The first-order chi connectivity index (χ1) is 10.3. The summed E-state index contributed by atoms with van der Waals surface area (Å²) in [6, 6.07) is 0. The summed E-state index contributed by atoms with van der Waals surface area (Å²) in [5, 5.41) is 20.4. The van der Waals surface area contributed by atoms with Gasteiger partial charge < -0.3 is 15.3 Å². The van der Waals surface area contributed by atoms with E-state index in [0.29, 0.717) is 12.5 Å². The molecule has 0 aromatic carbocycles. The minimum Gasteiger partial charge on any atom is -0.395 e. The Hall–Kier alpha value is -1.89. The van der Waals surface area contributed by atoms with E-state index in [1.54, 1.807) is 6.20 Å². The number of aliphatic hydroxyl groups is 1. The van der Waals surface area contributed by atoms with E-state index >= 15 is 0 Å². The molecule has 2 aromatic heterocycles. The summed E-state index contributed by atoms with van der Waals surface area (Å²) in [4.78, 5) is 11.1. The van der Waals surface area contributed by atoms with Crippen molar-refractivity contribution >= 4 is 22.8 Å². The van der Waals surface area contributed by atoms with Crippen LogP contribution in [0.25, 0.3) is 11.0 Å². The van der Waals surface area contributed by atoms with Crippen LogP contribution in [0.4, 0.5) is 11.8 Å². The van der Waals surface area contributed by atoms with E-state index in [-0.39, 0.29) is 6.61 Å². The van der Waals surface area contributed by atoms with Gasteiger partial charge in [-0.2, -0.15) is 15.1 Å². The van der Waals surface area contributed by atoms with Crippen LogP contribution in [-0.4, -0.2) is 51.5 Å². The van der Waals surface area contributed by atoms with Crippen LogP contribution in [0.5, 0.6) is 0 Å². The fourth-order valence-electron chi connectivity index (χ4n) is 2.17. The molecule has 0 atom stereocenters. The van der Waals surface area contributed by atoms with Crippen molar-refractivity contribution in [2.24, 2.45) is 0 Å². The maximum atomic E-state index is 9.31. The first-order valence-corrected chi connectivity index (χ1v) is 7.60. The van der Waals surface area contributed by atoms with Gasteiger partial charge in [-0.15, -0.1) is 0 Å². The van der Waals surface area contributed by atoms with Gasteiger partial charge in [-0.3, -0.25) is 5.10 Å². The van der Waals surface area contributed by atoms with Gasteiger partial charge in [-0.25, -0.2) is 0 Å².